The van der Waals surface area contributed by atoms with Crippen molar-refractivity contribution in [3.05, 3.63) is 33.6 Å². The molecular formula is C12H16N2O4. The molecule has 0 aliphatic carbocycles. The van der Waals surface area contributed by atoms with Crippen molar-refractivity contribution in [2.24, 2.45) is 0 Å². The van der Waals surface area contributed by atoms with Gasteiger partial charge in [-0.1, -0.05) is 0 Å². The van der Waals surface area contributed by atoms with Gasteiger partial charge in [-0.05, 0) is 33.8 Å². The second kappa shape index (κ2) is 5.12. The summed E-state index contributed by atoms with van der Waals surface area (Å²) in [6.45, 7) is 6.77. The first-order chi connectivity index (χ1) is 8.30. The molecule has 0 radical (unpaired) electrons. The molecule has 0 N–H and O–H groups in total. The van der Waals surface area contributed by atoms with E-state index in [4.69, 9.17) is 4.74 Å². The number of carbonyl (C=O) groups is 1. The fourth-order valence-corrected chi connectivity index (χ4v) is 1.56. The van der Waals surface area contributed by atoms with Gasteiger partial charge in [0, 0.05) is 11.8 Å². The number of rotatable bonds is 4. The summed E-state index contributed by atoms with van der Waals surface area (Å²) >= 11 is 0. The van der Waals surface area contributed by atoms with Crippen molar-refractivity contribution in [1.29, 1.82) is 0 Å². The van der Waals surface area contributed by atoms with Crippen molar-refractivity contribution < 1.29 is 14.5 Å². The van der Waals surface area contributed by atoms with Gasteiger partial charge in [-0.2, -0.15) is 0 Å². The number of ether oxygens (including phenoxy) is 1. The fraction of sp³-hybridized carbons (Fsp3) is 0.500. The first-order valence-corrected chi connectivity index (χ1v) is 5.60. The molecule has 0 fully saturated rings. The van der Waals surface area contributed by atoms with Gasteiger partial charge in [0.2, 0.25) is 0 Å². The lowest BCUT2D eigenvalue weighted by Crippen LogP contribution is -2.33. The zero-order chi connectivity index (χ0) is 13.9. The predicted molar refractivity (Wildman–Crippen MR) is 65.3 cm³/mol. The number of hydrogen-bond donors (Lipinski definition) is 0. The molecule has 98 valence electrons. The Hall–Kier alpha value is -1.98. The highest BCUT2D eigenvalue weighted by molar-refractivity contribution is 5.83. The molecule has 0 aliphatic heterocycles. The lowest BCUT2D eigenvalue weighted by molar-refractivity contribution is -0.386. The second-order valence-electron chi connectivity index (χ2n) is 4.42. The largest absolute Gasteiger partial charge is 0.465 e. The van der Waals surface area contributed by atoms with E-state index in [1.165, 1.54) is 6.07 Å². The quantitative estimate of drug-likeness (QED) is 0.465. The topological polar surface area (TPSA) is 82.3 Å². The third kappa shape index (κ3) is 2.64. The molecule has 0 unspecified atom stereocenters. The van der Waals surface area contributed by atoms with Gasteiger partial charge in [0.1, 0.15) is 11.1 Å². The standard InChI is InChI=1S/C12H16N2O4/c1-5-18-11(15)12(3,4)10-9(14(16)17)7-6-8(2)13-10/h6-7H,5H2,1-4H3. The van der Waals surface area contributed by atoms with Gasteiger partial charge in [0.15, 0.2) is 0 Å². The average Bonchev–Trinajstić information content (AvgIpc) is 2.28. The van der Waals surface area contributed by atoms with Crippen LogP contribution < -0.4 is 0 Å². The van der Waals surface area contributed by atoms with Gasteiger partial charge >= 0.3 is 5.97 Å². The molecule has 6 nitrogen and oxygen atoms in total. The summed E-state index contributed by atoms with van der Waals surface area (Å²) in [5.41, 5.74) is -0.567. The lowest BCUT2D eigenvalue weighted by atomic mass is 9.87. The Kier molecular flexibility index (Phi) is 4.00. The molecule has 0 spiro atoms. The Morgan fingerprint density at radius 3 is 2.61 bits per heavy atom. The summed E-state index contributed by atoms with van der Waals surface area (Å²) < 4.78 is 4.93. The van der Waals surface area contributed by atoms with Crippen molar-refractivity contribution in [3.8, 4) is 0 Å². The van der Waals surface area contributed by atoms with E-state index in [-0.39, 0.29) is 18.0 Å². The average molecular weight is 252 g/mol. The summed E-state index contributed by atoms with van der Waals surface area (Å²) in [5.74, 6) is -0.522. The molecule has 0 atom stereocenters. The van der Waals surface area contributed by atoms with Crippen molar-refractivity contribution in [2.75, 3.05) is 6.61 Å². The first-order valence-electron chi connectivity index (χ1n) is 5.60. The number of carbonyl (C=O) groups excluding carboxylic acids is 1. The fourth-order valence-electron chi connectivity index (χ4n) is 1.56. The normalized spacial score (nSPS) is 11.1. The third-order valence-electron chi connectivity index (χ3n) is 2.59. The molecule has 0 amide bonds. The Morgan fingerprint density at radius 1 is 1.50 bits per heavy atom. The summed E-state index contributed by atoms with van der Waals surface area (Å²) in [4.78, 5) is 26.4. The smallest absolute Gasteiger partial charge is 0.317 e. The highest BCUT2D eigenvalue weighted by Crippen LogP contribution is 2.31. The molecule has 0 bridgehead atoms. The van der Waals surface area contributed by atoms with Crippen LogP contribution in [0.5, 0.6) is 0 Å². The van der Waals surface area contributed by atoms with E-state index in [1.807, 2.05) is 0 Å². The maximum absolute atomic E-state index is 11.9. The Morgan fingerprint density at radius 2 is 2.11 bits per heavy atom. The number of aryl methyl sites for hydroxylation is 1. The van der Waals surface area contributed by atoms with Crippen LogP contribution in [0.4, 0.5) is 5.69 Å². The van der Waals surface area contributed by atoms with Gasteiger partial charge in [0.05, 0.1) is 11.5 Å². The van der Waals surface area contributed by atoms with Crippen LogP contribution in [0.3, 0.4) is 0 Å². The monoisotopic (exact) mass is 252 g/mol. The highest BCUT2D eigenvalue weighted by atomic mass is 16.6. The maximum Gasteiger partial charge on any atom is 0.317 e. The van der Waals surface area contributed by atoms with Crippen LogP contribution in [0, 0.1) is 17.0 Å². The minimum absolute atomic E-state index is 0.131. The second-order valence-corrected chi connectivity index (χ2v) is 4.42. The van der Waals surface area contributed by atoms with E-state index in [1.54, 1.807) is 33.8 Å². The minimum Gasteiger partial charge on any atom is -0.465 e. The highest BCUT2D eigenvalue weighted by Gasteiger charge is 2.38. The predicted octanol–water partition coefficient (Wildman–Crippen LogP) is 2.14. The third-order valence-corrected chi connectivity index (χ3v) is 2.59. The van der Waals surface area contributed by atoms with Crippen molar-refractivity contribution in [2.45, 2.75) is 33.1 Å². The summed E-state index contributed by atoms with van der Waals surface area (Å²) in [6, 6.07) is 2.90. The summed E-state index contributed by atoms with van der Waals surface area (Å²) in [6.07, 6.45) is 0. The Bertz CT molecular complexity index is 483. The number of nitrogens with zero attached hydrogens (tertiary/aromatic N) is 2. The van der Waals surface area contributed by atoms with Crippen LogP contribution in [-0.4, -0.2) is 22.5 Å². The molecule has 0 aliphatic rings. The molecule has 1 rings (SSSR count). The summed E-state index contributed by atoms with van der Waals surface area (Å²) in [7, 11) is 0. The van der Waals surface area contributed by atoms with E-state index in [2.05, 4.69) is 4.98 Å². The zero-order valence-corrected chi connectivity index (χ0v) is 10.9. The lowest BCUT2D eigenvalue weighted by Gasteiger charge is -2.21. The van der Waals surface area contributed by atoms with Crippen molar-refractivity contribution in [3.63, 3.8) is 0 Å². The van der Waals surface area contributed by atoms with E-state index >= 15 is 0 Å². The molecule has 0 saturated heterocycles. The SMILES string of the molecule is CCOC(=O)C(C)(C)c1nc(C)ccc1[N+](=O)[O-]. The number of aromatic nitrogens is 1. The van der Waals surface area contributed by atoms with Gasteiger partial charge in [0.25, 0.3) is 5.69 Å². The first kappa shape index (κ1) is 14.1. The van der Waals surface area contributed by atoms with Crippen LogP contribution >= 0.6 is 0 Å². The summed E-state index contributed by atoms with van der Waals surface area (Å²) in [5, 5.41) is 11.0. The van der Waals surface area contributed by atoms with Crippen LogP contribution in [0.2, 0.25) is 0 Å². The molecular weight excluding hydrogens is 236 g/mol. The minimum atomic E-state index is -1.15. The van der Waals surface area contributed by atoms with Crippen molar-refractivity contribution in [1.82, 2.24) is 4.98 Å². The van der Waals surface area contributed by atoms with Crippen molar-refractivity contribution >= 4 is 11.7 Å². The molecule has 0 saturated carbocycles. The van der Waals surface area contributed by atoms with Gasteiger partial charge < -0.3 is 4.74 Å². The maximum atomic E-state index is 11.9. The molecule has 6 heteroatoms. The number of nitro groups is 1. The molecule has 0 aromatic carbocycles. The van der Waals surface area contributed by atoms with Gasteiger partial charge in [-0.15, -0.1) is 0 Å². The molecule has 1 aromatic rings. The molecule has 1 aromatic heterocycles. The number of esters is 1. The van der Waals surface area contributed by atoms with E-state index in [0.717, 1.165) is 0 Å². The Balaban J connectivity index is 3.33. The van der Waals surface area contributed by atoms with Crippen LogP contribution in [0.15, 0.2) is 12.1 Å². The van der Waals surface area contributed by atoms with Crippen LogP contribution in [0.1, 0.15) is 32.2 Å². The molecule has 1 heterocycles. The van der Waals surface area contributed by atoms with Crippen LogP contribution in [0.25, 0.3) is 0 Å². The molecule has 18 heavy (non-hydrogen) atoms. The Labute approximate surface area is 105 Å². The van der Waals surface area contributed by atoms with Crippen LogP contribution in [-0.2, 0) is 14.9 Å². The zero-order valence-electron chi connectivity index (χ0n) is 10.9. The van der Waals surface area contributed by atoms with E-state index in [0.29, 0.717) is 5.69 Å². The van der Waals surface area contributed by atoms with E-state index in [9.17, 15) is 14.9 Å². The van der Waals surface area contributed by atoms with Gasteiger partial charge in [-0.3, -0.25) is 14.9 Å². The number of pyridine rings is 1. The number of hydrogen-bond acceptors (Lipinski definition) is 5. The van der Waals surface area contributed by atoms with E-state index < -0.39 is 16.3 Å². The van der Waals surface area contributed by atoms with Gasteiger partial charge in [-0.25, -0.2) is 4.98 Å².